The van der Waals surface area contributed by atoms with E-state index < -0.39 is 17.3 Å². The van der Waals surface area contributed by atoms with Crippen molar-refractivity contribution in [2.45, 2.75) is 31.5 Å². The molecule has 0 radical (unpaired) electrons. The first kappa shape index (κ1) is 27.1. The first-order valence-corrected chi connectivity index (χ1v) is 14.2. The molecule has 1 unspecified atom stereocenters. The average molecular weight is 579 g/mol. The van der Waals surface area contributed by atoms with Crippen LogP contribution in [0.15, 0.2) is 91.0 Å². The summed E-state index contributed by atoms with van der Waals surface area (Å²) in [5.41, 5.74) is 5.75. The van der Waals surface area contributed by atoms with Gasteiger partial charge >= 0.3 is 6.18 Å². The lowest BCUT2D eigenvalue weighted by molar-refractivity contribution is -0.137. The van der Waals surface area contributed by atoms with Crippen molar-refractivity contribution in [3.63, 3.8) is 0 Å². The minimum Gasteiger partial charge on any atom is -0.493 e. The number of hydrogen-bond acceptors (Lipinski definition) is 3. The minimum atomic E-state index is -4.39. The highest BCUT2D eigenvalue weighted by atomic mass is 19.4. The number of ether oxygens (including phenoxy) is 3. The van der Waals surface area contributed by atoms with E-state index in [0.29, 0.717) is 29.9 Å². The summed E-state index contributed by atoms with van der Waals surface area (Å²) in [5.74, 6) is 1.95. The van der Waals surface area contributed by atoms with Crippen molar-refractivity contribution in [3.05, 3.63) is 130 Å². The highest BCUT2D eigenvalue weighted by Gasteiger charge is 2.40. The Morgan fingerprint density at radius 2 is 1.49 bits per heavy atom. The zero-order valence-corrected chi connectivity index (χ0v) is 24.0. The molecule has 0 saturated heterocycles. The molecule has 0 saturated carbocycles. The number of benzene rings is 5. The molecule has 5 aromatic carbocycles. The maximum Gasteiger partial charge on any atom is 0.416 e. The Kier molecular flexibility index (Phi) is 6.27. The molecule has 1 heterocycles. The molecule has 43 heavy (non-hydrogen) atoms. The summed E-state index contributed by atoms with van der Waals surface area (Å²) in [6.45, 7) is 2.05. The molecule has 5 aromatic rings. The van der Waals surface area contributed by atoms with Crippen molar-refractivity contribution in [2.24, 2.45) is 0 Å². The van der Waals surface area contributed by atoms with Gasteiger partial charge in [0, 0.05) is 22.3 Å². The van der Waals surface area contributed by atoms with Crippen LogP contribution in [-0.2, 0) is 24.6 Å². The number of fused-ring (bicyclic) bond motifs is 8. The van der Waals surface area contributed by atoms with Gasteiger partial charge < -0.3 is 14.2 Å². The Morgan fingerprint density at radius 3 is 2.21 bits per heavy atom. The molecule has 216 valence electrons. The van der Waals surface area contributed by atoms with Crippen LogP contribution in [0.4, 0.5) is 13.2 Å². The number of rotatable bonds is 4. The fourth-order valence-corrected chi connectivity index (χ4v) is 6.55. The van der Waals surface area contributed by atoms with Crippen LogP contribution in [0.3, 0.4) is 0 Å². The normalized spacial score (nSPS) is 17.1. The topological polar surface area (TPSA) is 27.7 Å². The number of hydrogen-bond donors (Lipinski definition) is 0. The standard InChI is InChI=1S/C37H29F3O3/c1-22-8-11-24(12-9-22)36(25-14-17-32(41-2)33(21-25)42-3)19-18-30-28-6-4-5-7-29(28)34-27-16-13-26(37(38,39)40)20-23(27)10-15-31(34)35(30)43-36/h4-9,11-14,16-21H,10,15H2,1-3H3. The van der Waals surface area contributed by atoms with Crippen LogP contribution in [0.5, 0.6) is 17.2 Å². The summed E-state index contributed by atoms with van der Waals surface area (Å²) < 4.78 is 59.3. The first-order chi connectivity index (χ1) is 20.7. The zero-order chi connectivity index (χ0) is 29.9. The predicted octanol–water partition coefficient (Wildman–Crippen LogP) is 9.30. The highest BCUT2D eigenvalue weighted by molar-refractivity contribution is 6.06. The average Bonchev–Trinajstić information content (AvgIpc) is 3.03. The van der Waals surface area contributed by atoms with E-state index in [9.17, 15) is 13.2 Å². The van der Waals surface area contributed by atoms with Gasteiger partial charge in [0.1, 0.15) is 5.75 Å². The van der Waals surface area contributed by atoms with Crippen LogP contribution in [0.25, 0.3) is 28.0 Å². The van der Waals surface area contributed by atoms with Gasteiger partial charge in [0.05, 0.1) is 19.8 Å². The van der Waals surface area contributed by atoms with Crippen molar-refractivity contribution in [1.29, 1.82) is 0 Å². The van der Waals surface area contributed by atoms with Gasteiger partial charge in [-0.15, -0.1) is 0 Å². The Morgan fingerprint density at radius 1 is 0.767 bits per heavy atom. The molecule has 1 aliphatic heterocycles. The highest BCUT2D eigenvalue weighted by Crippen LogP contribution is 2.52. The third kappa shape index (κ3) is 4.27. The molecule has 1 aliphatic carbocycles. The monoisotopic (exact) mass is 578 g/mol. The van der Waals surface area contributed by atoms with Crippen LogP contribution in [0, 0.1) is 6.92 Å². The van der Waals surface area contributed by atoms with E-state index in [2.05, 4.69) is 42.5 Å². The van der Waals surface area contributed by atoms with Crippen LogP contribution < -0.4 is 14.2 Å². The molecule has 2 aliphatic rings. The molecule has 3 nitrogen and oxygen atoms in total. The second-order valence-electron chi connectivity index (χ2n) is 11.1. The van der Waals surface area contributed by atoms with Gasteiger partial charge in [-0.3, -0.25) is 0 Å². The Labute approximate surface area is 248 Å². The largest absolute Gasteiger partial charge is 0.493 e. The maximum absolute atomic E-state index is 13.6. The summed E-state index contributed by atoms with van der Waals surface area (Å²) >= 11 is 0. The van der Waals surface area contributed by atoms with Gasteiger partial charge in [-0.2, -0.15) is 13.2 Å². The van der Waals surface area contributed by atoms with Gasteiger partial charge in [-0.25, -0.2) is 0 Å². The molecule has 0 bridgehead atoms. The van der Waals surface area contributed by atoms with Gasteiger partial charge in [-0.1, -0.05) is 66.2 Å². The van der Waals surface area contributed by atoms with Crippen LogP contribution >= 0.6 is 0 Å². The van der Waals surface area contributed by atoms with Gasteiger partial charge in [0.2, 0.25) is 0 Å². The molecule has 0 amide bonds. The molecule has 7 rings (SSSR count). The van der Waals surface area contributed by atoms with Crippen LogP contribution in [-0.4, -0.2) is 14.2 Å². The fraction of sp³-hybridized carbons (Fsp3) is 0.189. The first-order valence-electron chi connectivity index (χ1n) is 14.2. The van der Waals surface area contributed by atoms with Crippen LogP contribution in [0.2, 0.25) is 0 Å². The SMILES string of the molecule is COc1ccc(C2(c3ccc(C)cc3)C=Cc3c(c4c(c5ccccc35)-c3ccc(C(F)(F)F)cc3CC4)O2)cc1OC. The summed E-state index contributed by atoms with van der Waals surface area (Å²) in [6, 6.07) is 26.2. The molecule has 0 aromatic heterocycles. The van der Waals surface area contributed by atoms with E-state index >= 15 is 0 Å². The van der Waals surface area contributed by atoms with Gasteiger partial charge in [0.25, 0.3) is 0 Å². The molecule has 6 heteroatoms. The smallest absolute Gasteiger partial charge is 0.416 e. The molecule has 0 spiro atoms. The number of halogens is 3. The lowest BCUT2D eigenvalue weighted by Gasteiger charge is -2.39. The van der Waals surface area contributed by atoms with Gasteiger partial charge in [-0.05, 0) is 83.6 Å². The molecular weight excluding hydrogens is 549 g/mol. The summed E-state index contributed by atoms with van der Waals surface area (Å²) in [6.07, 6.45) is 0.861. The Bertz CT molecular complexity index is 1920. The van der Waals surface area contributed by atoms with E-state index in [0.717, 1.165) is 55.5 Å². The third-order valence-corrected chi connectivity index (χ3v) is 8.69. The number of alkyl halides is 3. The third-order valence-electron chi connectivity index (χ3n) is 8.69. The van der Waals surface area contributed by atoms with E-state index in [1.165, 1.54) is 12.1 Å². The Hall–Kier alpha value is -4.71. The molecular formula is C37H29F3O3. The van der Waals surface area contributed by atoms with Crippen molar-refractivity contribution >= 4 is 16.8 Å². The minimum absolute atomic E-state index is 0.484. The van der Waals surface area contributed by atoms with E-state index in [4.69, 9.17) is 14.2 Å². The van der Waals surface area contributed by atoms with Gasteiger partial charge in [0.15, 0.2) is 17.1 Å². The molecule has 1 atom stereocenters. The van der Waals surface area contributed by atoms with E-state index in [1.807, 2.05) is 43.3 Å². The quantitative estimate of drug-likeness (QED) is 0.213. The zero-order valence-electron chi connectivity index (χ0n) is 24.0. The molecule has 0 N–H and O–H groups in total. The second-order valence-corrected chi connectivity index (χ2v) is 11.1. The summed E-state index contributed by atoms with van der Waals surface area (Å²) in [7, 11) is 3.21. The predicted molar refractivity (Wildman–Crippen MR) is 163 cm³/mol. The van der Waals surface area contributed by atoms with Crippen molar-refractivity contribution in [1.82, 2.24) is 0 Å². The van der Waals surface area contributed by atoms with E-state index in [-0.39, 0.29) is 0 Å². The maximum atomic E-state index is 13.6. The summed E-state index contributed by atoms with van der Waals surface area (Å²) in [4.78, 5) is 0. The van der Waals surface area contributed by atoms with Crippen molar-refractivity contribution < 1.29 is 27.4 Å². The molecule has 0 fully saturated rings. The second kappa shape index (κ2) is 9.94. The van der Waals surface area contributed by atoms with Crippen molar-refractivity contribution in [2.75, 3.05) is 14.2 Å². The Balaban J connectivity index is 1.49. The lowest BCUT2D eigenvalue weighted by atomic mass is 9.77. The van der Waals surface area contributed by atoms with E-state index in [1.54, 1.807) is 20.3 Å². The number of aryl methyl sites for hydroxylation is 2. The lowest BCUT2D eigenvalue weighted by Crippen LogP contribution is -2.35. The fourth-order valence-electron chi connectivity index (χ4n) is 6.55. The van der Waals surface area contributed by atoms with Crippen LogP contribution in [0.1, 0.15) is 38.9 Å². The summed E-state index contributed by atoms with van der Waals surface area (Å²) in [5, 5.41) is 1.99. The van der Waals surface area contributed by atoms with Crippen molar-refractivity contribution in [3.8, 4) is 28.4 Å². The number of methoxy groups -OCH3 is 2.